The fourth-order valence-corrected chi connectivity index (χ4v) is 4.78. The fraction of sp³-hybridized carbons (Fsp3) is 0.0345. The van der Waals surface area contributed by atoms with Crippen LogP contribution in [0.4, 0.5) is 17.1 Å². The van der Waals surface area contributed by atoms with Crippen LogP contribution in [0.15, 0.2) is 72.8 Å². The average molecular weight is 590 g/mol. The van der Waals surface area contributed by atoms with Gasteiger partial charge in [-0.05, 0) is 42.5 Å². The molecule has 0 saturated heterocycles. The molecule has 12 heteroatoms. The number of nitrogens with one attached hydrogen (secondary N) is 2. The number of nitro benzene ring substituents is 1. The Morgan fingerprint density at radius 3 is 2.07 bits per heavy atom. The van der Waals surface area contributed by atoms with Gasteiger partial charge >= 0.3 is 0 Å². The predicted molar refractivity (Wildman–Crippen MR) is 152 cm³/mol. The predicted octanol–water partition coefficient (Wildman–Crippen LogP) is 6.19. The lowest BCUT2D eigenvalue weighted by molar-refractivity contribution is -0.385. The summed E-state index contributed by atoms with van der Waals surface area (Å²) < 4.78 is 5.34. The van der Waals surface area contributed by atoms with E-state index in [2.05, 4.69) is 10.6 Å². The Labute approximate surface area is 242 Å². The summed E-state index contributed by atoms with van der Waals surface area (Å²) in [4.78, 5) is 63.4. The Balaban J connectivity index is 1.48. The largest absolute Gasteiger partial charge is 0.494 e. The number of hydrogen-bond acceptors (Lipinski definition) is 7. The highest BCUT2D eigenvalue weighted by Crippen LogP contribution is 2.38. The van der Waals surface area contributed by atoms with E-state index in [0.29, 0.717) is 10.6 Å². The summed E-state index contributed by atoms with van der Waals surface area (Å²) in [5.74, 6) is -2.60. The first-order valence-electron chi connectivity index (χ1n) is 11.9. The number of amides is 2. The number of ether oxygens (including phenoxy) is 1. The number of hydrogen-bond donors (Lipinski definition) is 2. The number of carbonyl (C=O) groups is 4. The van der Waals surface area contributed by atoms with E-state index >= 15 is 0 Å². The lowest BCUT2D eigenvalue weighted by Gasteiger charge is -2.18. The van der Waals surface area contributed by atoms with Crippen LogP contribution < -0.4 is 15.4 Å². The average Bonchev–Trinajstić information content (AvgIpc) is 2.96. The van der Waals surface area contributed by atoms with Gasteiger partial charge in [0.15, 0.2) is 5.78 Å². The quantitative estimate of drug-likeness (QED) is 0.177. The Bertz CT molecular complexity index is 1800. The summed E-state index contributed by atoms with van der Waals surface area (Å²) in [7, 11) is 1.33. The fourth-order valence-electron chi connectivity index (χ4n) is 4.44. The molecule has 0 radical (unpaired) electrons. The number of nitro groups is 1. The van der Waals surface area contributed by atoms with Crippen LogP contribution in [0.1, 0.15) is 52.6 Å². The second kappa shape index (κ2) is 10.8. The van der Waals surface area contributed by atoms with Crippen molar-refractivity contribution in [2.75, 3.05) is 17.7 Å². The SMILES string of the molecule is COc1cc(NC(=O)c2ccc3c(c2[N+](=O)[O-])C(=O)c2ccccc2C3=O)c(Cl)cc1NC(=O)c1ccc(Cl)cc1. The molecule has 41 heavy (non-hydrogen) atoms. The van der Waals surface area contributed by atoms with Gasteiger partial charge < -0.3 is 15.4 Å². The zero-order valence-corrected chi connectivity index (χ0v) is 22.5. The summed E-state index contributed by atoms with van der Waals surface area (Å²) in [6.45, 7) is 0. The summed E-state index contributed by atoms with van der Waals surface area (Å²) in [6, 6.07) is 17.1. The van der Waals surface area contributed by atoms with Crippen LogP contribution in [-0.4, -0.2) is 35.4 Å². The first-order valence-corrected chi connectivity index (χ1v) is 12.6. The molecule has 0 saturated carbocycles. The number of nitrogens with zero attached hydrogens (tertiary/aromatic N) is 1. The third-order valence-corrected chi connectivity index (χ3v) is 6.95. The van der Waals surface area contributed by atoms with Gasteiger partial charge in [0.05, 0.1) is 28.4 Å². The highest BCUT2D eigenvalue weighted by Gasteiger charge is 2.38. The van der Waals surface area contributed by atoms with Gasteiger partial charge in [-0.3, -0.25) is 29.3 Å². The summed E-state index contributed by atoms with van der Waals surface area (Å²) in [5, 5.41) is 17.7. The van der Waals surface area contributed by atoms with Crippen molar-refractivity contribution in [3.8, 4) is 5.75 Å². The molecule has 0 atom stereocenters. The normalized spacial score (nSPS) is 11.8. The summed E-state index contributed by atoms with van der Waals surface area (Å²) in [5.41, 5.74) is -1.23. The number of ketones is 2. The molecule has 0 aliphatic heterocycles. The van der Waals surface area contributed by atoms with Crippen molar-refractivity contribution in [1.82, 2.24) is 0 Å². The first kappa shape index (κ1) is 27.5. The van der Waals surface area contributed by atoms with E-state index in [4.69, 9.17) is 27.9 Å². The molecule has 2 N–H and O–H groups in total. The Morgan fingerprint density at radius 2 is 1.44 bits per heavy atom. The lowest BCUT2D eigenvalue weighted by atomic mass is 9.82. The molecule has 0 aromatic heterocycles. The smallest absolute Gasteiger partial charge is 0.294 e. The topological polar surface area (TPSA) is 145 Å². The molecule has 4 aromatic carbocycles. The van der Waals surface area contributed by atoms with Crippen LogP contribution in [0.5, 0.6) is 5.75 Å². The third kappa shape index (κ3) is 5.02. The highest BCUT2D eigenvalue weighted by atomic mass is 35.5. The molecule has 1 aliphatic rings. The van der Waals surface area contributed by atoms with Crippen molar-refractivity contribution in [2.45, 2.75) is 0 Å². The number of carbonyl (C=O) groups excluding carboxylic acids is 4. The van der Waals surface area contributed by atoms with Crippen molar-refractivity contribution in [1.29, 1.82) is 0 Å². The van der Waals surface area contributed by atoms with E-state index in [1.54, 1.807) is 18.2 Å². The minimum absolute atomic E-state index is 0.00896. The van der Waals surface area contributed by atoms with E-state index in [1.807, 2.05) is 0 Å². The number of fused-ring (bicyclic) bond motifs is 2. The number of methoxy groups -OCH3 is 1. The molecular formula is C29H17Cl2N3O7. The molecule has 0 fully saturated rings. The second-order valence-corrected chi connectivity index (χ2v) is 9.64. The maximum Gasteiger partial charge on any atom is 0.294 e. The Hall–Kier alpha value is -5.06. The van der Waals surface area contributed by atoms with Crippen LogP contribution in [0.3, 0.4) is 0 Å². The van der Waals surface area contributed by atoms with Gasteiger partial charge in [0, 0.05) is 33.3 Å². The maximum absolute atomic E-state index is 13.3. The standard InChI is InChI=1S/C29H17Cl2N3O7/c1-41-23-13-21(20(31)12-22(23)33-28(37)14-6-8-15(30)9-7-14)32-29(38)19-11-10-18-24(25(19)34(39)40)27(36)17-5-3-2-4-16(17)26(18)35/h2-13H,1H3,(H,32,38)(H,33,37). The molecule has 10 nitrogen and oxygen atoms in total. The van der Waals surface area contributed by atoms with E-state index < -0.39 is 45.1 Å². The van der Waals surface area contributed by atoms with Crippen molar-refractivity contribution in [2.24, 2.45) is 0 Å². The minimum atomic E-state index is -0.958. The van der Waals surface area contributed by atoms with Crippen LogP contribution in [0.25, 0.3) is 0 Å². The van der Waals surface area contributed by atoms with Gasteiger partial charge in [-0.15, -0.1) is 0 Å². The molecule has 0 bridgehead atoms. The van der Waals surface area contributed by atoms with Gasteiger partial charge in [-0.25, -0.2) is 0 Å². The van der Waals surface area contributed by atoms with Gasteiger partial charge in [-0.1, -0.05) is 47.5 Å². The van der Waals surface area contributed by atoms with Gasteiger partial charge in [0.25, 0.3) is 17.5 Å². The third-order valence-electron chi connectivity index (χ3n) is 6.39. The molecular weight excluding hydrogens is 573 g/mol. The zero-order chi connectivity index (χ0) is 29.4. The number of benzene rings is 4. The minimum Gasteiger partial charge on any atom is -0.494 e. The van der Waals surface area contributed by atoms with Crippen molar-refractivity contribution < 1.29 is 28.8 Å². The van der Waals surface area contributed by atoms with Crippen LogP contribution in [-0.2, 0) is 0 Å². The highest BCUT2D eigenvalue weighted by molar-refractivity contribution is 6.35. The van der Waals surface area contributed by atoms with Gasteiger partial charge in [0.2, 0.25) is 5.78 Å². The van der Waals surface area contributed by atoms with Crippen LogP contribution >= 0.6 is 23.2 Å². The van der Waals surface area contributed by atoms with Crippen molar-refractivity contribution >= 4 is 63.6 Å². The van der Waals surface area contributed by atoms with Gasteiger partial charge in [0.1, 0.15) is 16.9 Å². The summed E-state index contributed by atoms with van der Waals surface area (Å²) in [6.07, 6.45) is 0. The van der Waals surface area contributed by atoms with Crippen molar-refractivity contribution in [3.05, 3.63) is 126 Å². The van der Waals surface area contributed by atoms with E-state index in [9.17, 15) is 29.3 Å². The Kier molecular flexibility index (Phi) is 7.27. The lowest BCUT2D eigenvalue weighted by Crippen LogP contribution is -2.24. The van der Waals surface area contributed by atoms with Crippen molar-refractivity contribution in [3.63, 3.8) is 0 Å². The van der Waals surface area contributed by atoms with Crippen LogP contribution in [0.2, 0.25) is 10.0 Å². The molecule has 2 amide bonds. The van der Waals surface area contributed by atoms with E-state index in [1.165, 1.54) is 55.6 Å². The zero-order valence-electron chi connectivity index (χ0n) is 21.0. The summed E-state index contributed by atoms with van der Waals surface area (Å²) >= 11 is 12.3. The molecule has 0 spiro atoms. The monoisotopic (exact) mass is 589 g/mol. The molecule has 4 aromatic rings. The molecule has 0 heterocycles. The van der Waals surface area contributed by atoms with Gasteiger partial charge in [-0.2, -0.15) is 0 Å². The number of rotatable bonds is 6. The van der Waals surface area contributed by atoms with E-state index in [-0.39, 0.29) is 38.8 Å². The maximum atomic E-state index is 13.3. The second-order valence-electron chi connectivity index (χ2n) is 8.79. The molecule has 5 rings (SSSR count). The molecule has 0 unspecified atom stereocenters. The molecule has 204 valence electrons. The Morgan fingerprint density at radius 1 is 0.805 bits per heavy atom. The number of halogens is 2. The van der Waals surface area contributed by atoms with E-state index in [0.717, 1.165) is 6.07 Å². The number of anilines is 2. The molecule has 1 aliphatic carbocycles. The first-order chi connectivity index (χ1) is 19.6. The van der Waals surface area contributed by atoms with Crippen LogP contribution in [0, 0.1) is 10.1 Å².